The van der Waals surface area contributed by atoms with Crippen LogP contribution < -0.4 is 10.6 Å². The van der Waals surface area contributed by atoms with E-state index in [2.05, 4.69) is 15.9 Å². The molecular weight excluding hydrogens is 344 g/mol. The third kappa shape index (κ3) is 1.82. The molecule has 0 radical (unpaired) electrons. The predicted octanol–water partition coefficient (Wildman–Crippen LogP) is 3.49. The molecule has 0 saturated carbocycles. The molecule has 1 heterocycles. The van der Waals surface area contributed by atoms with Gasteiger partial charge in [-0.1, -0.05) is 17.7 Å². The molecule has 0 bridgehead atoms. The number of anilines is 2. The summed E-state index contributed by atoms with van der Waals surface area (Å²) in [4.78, 5) is 25.9. The first-order valence-electron chi connectivity index (χ1n) is 5.73. The molecule has 2 amide bonds. The van der Waals surface area contributed by atoms with Gasteiger partial charge in [0.05, 0.1) is 16.8 Å². The maximum atomic E-state index is 12.5. The van der Waals surface area contributed by atoms with Gasteiger partial charge in [-0.25, -0.2) is 4.90 Å². The van der Waals surface area contributed by atoms with Crippen LogP contribution in [0.3, 0.4) is 0 Å². The number of imide groups is 1. The van der Waals surface area contributed by atoms with Gasteiger partial charge in [0.2, 0.25) is 0 Å². The van der Waals surface area contributed by atoms with E-state index in [9.17, 15) is 9.59 Å². The van der Waals surface area contributed by atoms with E-state index in [-0.39, 0.29) is 5.56 Å². The van der Waals surface area contributed by atoms with Crippen molar-refractivity contribution in [1.29, 1.82) is 0 Å². The first kappa shape index (κ1) is 13.1. The van der Waals surface area contributed by atoms with Crippen molar-refractivity contribution in [3.63, 3.8) is 0 Å². The lowest BCUT2D eigenvalue weighted by molar-refractivity contribution is 0.0926. The van der Waals surface area contributed by atoms with E-state index in [1.165, 1.54) is 0 Å². The lowest BCUT2D eigenvalue weighted by Crippen LogP contribution is -2.29. The molecule has 0 aromatic heterocycles. The first-order chi connectivity index (χ1) is 9.50. The molecular formula is C14H8BrClN2O2. The maximum absolute atomic E-state index is 12.5. The number of nitrogen functional groups attached to an aromatic ring is 1. The van der Waals surface area contributed by atoms with E-state index in [4.69, 9.17) is 17.3 Å². The fourth-order valence-electron chi connectivity index (χ4n) is 2.19. The van der Waals surface area contributed by atoms with E-state index in [0.29, 0.717) is 26.4 Å². The predicted molar refractivity (Wildman–Crippen MR) is 81.1 cm³/mol. The number of nitrogens with two attached hydrogens (primary N) is 1. The number of hydrogen-bond acceptors (Lipinski definition) is 3. The fraction of sp³-hybridized carbons (Fsp3) is 0. The molecule has 2 aromatic carbocycles. The Morgan fingerprint density at radius 1 is 1.10 bits per heavy atom. The summed E-state index contributed by atoms with van der Waals surface area (Å²) in [7, 11) is 0. The molecule has 20 heavy (non-hydrogen) atoms. The minimum atomic E-state index is -0.439. The Morgan fingerprint density at radius 2 is 1.85 bits per heavy atom. The normalized spacial score (nSPS) is 13.8. The van der Waals surface area contributed by atoms with E-state index < -0.39 is 11.8 Å². The zero-order valence-corrected chi connectivity index (χ0v) is 12.4. The fourth-order valence-corrected chi connectivity index (χ4v) is 2.78. The third-order valence-corrected chi connectivity index (χ3v) is 4.00. The number of carbonyl (C=O) groups excluding carboxylic acids is 2. The molecule has 6 heteroatoms. The van der Waals surface area contributed by atoms with Gasteiger partial charge in [-0.2, -0.15) is 0 Å². The van der Waals surface area contributed by atoms with Crippen molar-refractivity contribution >= 4 is 50.7 Å². The number of hydrogen-bond donors (Lipinski definition) is 1. The average Bonchev–Trinajstić information content (AvgIpc) is 2.66. The van der Waals surface area contributed by atoms with Crippen LogP contribution >= 0.6 is 27.5 Å². The summed E-state index contributed by atoms with van der Waals surface area (Å²) in [6.07, 6.45) is 0. The SMILES string of the molecule is Nc1cccc2c1C(=O)N(c1cc(Cl)ccc1Br)C2=O. The number of halogens is 2. The molecule has 2 aromatic rings. The monoisotopic (exact) mass is 350 g/mol. The van der Waals surface area contributed by atoms with Crippen molar-refractivity contribution in [3.8, 4) is 0 Å². The Labute approximate surface area is 128 Å². The smallest absolute Gasteiger partial charge is 0.268 e. The van der Waals surface area contributed by atoms with Crippen LogP contribution in [0.25, 0.3) is 0 Å². The summed E-state index contributed by atoms with van der Waals surface area (Å²) in [6, 6.07) is 9.75. The number of carbonyl (C=O) groups is 2. The summed E-state index contributed by atoms with van der Waals surface area (Å²) >= 11 is 9.26. The highest BCUT2D eigenvalue weighted by Crippen LogP contribution is 2.36. The van der Waals surface area contributed by atoms with E-state index in [1.54, 1.807) is 36.4 Å². The second-order valence-electron chi connectivity index (χ2n) is 4.31. The molecule has 0 spiro atoms. The van der Waals surface area contributed by atoms with E-state index >= 15 is 0 Å². The molecule has 4 nitrogen and oxygen atoms in total. The van der Waals surface area contributed by atoms with Crippen molar-refractivity contribution in [2.45, 2.75) is 0 Å². The van der Waals surface area contributed by atoms with Crippen molar-refractivity contribution < 1.29 is 9.59 Å². The quantitative estimate of drug-likeness (QED) is 0.632. The Hall–Kier alpha value is -1.85. The maximum Gasteiger partial charge on any atom is 0.268 e. The summed E-state index contributed by atoms with van der Waals surface area (Å²) in [6.45, 7) is 0. The number of fused-ring (bicyclic) bond motifs is 1. The Morgan fingerprint density at radius 3 is 2.55 bits per heavy atom. The minimum Gasteiger partial charge on any atom is -0.398 e. The van der Waals surface area contributed by atoms with Gasteiger partial charge in [0.1, 0.15) is 0 Å². The Kier molecular flexibility index (Phi) is 3.03. The highest BCUT2D eigenvalue weighted by atomic mass is 79.9. The lowest BCUT2D eigenvalue weighted by Gasteiger charge is -2.16. The van der Waals surface area contributed by atoms with Crippen LogP contribution in [0.5, 0.6) is 0 Å². The standard InChI is InChI=1S/C14H8BrClN2O2/c15-9-5-4-7(16)6-11(9)18-13(19)8-2-1-3-10(17)12(8)14(18)20/h1-6H,17H2. The molecule has 1 aliphatic heterocycles. The van der Waals surface area contributed by atoms with Gasteiger partial charge in [0.25, 0.3) is 11.8 Å². The molecule has 0 aliphatic carbocycles. The number of nitrogens with zero attached hydrogens (tertiary/aromatic N) is 1. The summed E-state index contributed by atoms with van der Waals surface area (Å²) < 4.78 is 0.606. The summed E-state index contributed by atoms with van der Waals surface area (Å²) in [5.74, 6) is -0.841. The van der Waals surface area contributed by atoms with Gasteiger partial charge < -0.3 is 5.73 Å². The average molecular weight is 352 g/mol. The second-order valence-corrected chi connectivity index (χ2v) is 5.60. The van der Waals surface area contributed by atoms with Crippen LogP contribution in [0, 0.1) is 0 Å². The minimum absolute atomic E-state index is 0.240. The van der Waals surface area contributed by atoms with Crippen LogP contribution in [0.1, 0.15) is 20.7 Å². The second kappa shape index (κ2) is 4.61. The molecule has 100 valence electrons. The Balaban J connectivity index is 2.19. The highest BCUT2D eigenvalue weighted by Gasteiger charge is 2.38. The van der Waals surface area contributed by atoms with Gasteiger partial charge in [0.15, 0.2) is 0 Å². The van der Waals surface area contributed by atoms with Crippen LogP contribution in [-0.2, 0) is 0 Å². The first-order valence-corrected chi connectivity index (χ1v) is 6.90. The summed E-state index contributed by atoms with van der Waals surface area (Å²) in [5.41, 5.74) is 7.04. The van der Waals surface area contributed by atoms with Crippen LogP contribution in [0.4, 0.5) is 11.4 Å². The zero-order valence-electron chi connectivity index (χ0n) is 10.1. The van der Waals surface area contributed by atoms with Crippen molar-refractivity contribution in [2.75, 3.05) is 10.6 Å². The molecule has 0 unspecified atom stereocenters. The van der Waals surface area contributed by atoms with Gasteiger partial charge >= 0.3 is 0 Å². The molecule has 0 atom stereocenters. The number of benzene rings is 2. The van der Waals surface area contributed by atoms with Crippen LogP contribution in [-0.4, -0.2) is 11.8 Å². The van der Waals surface area contributed by atoms with Crippen molar-refractivity contribution in [1.82, 2.24) is 0 Å². The van der Waals surface area contributed by atoms with Crippen LogP contribution in [0.15, 0.2) is 40.9 Å². The van der Waals surface area contributed by atoms with Crippen molar-refractivity contribution in [3.05, 3.63) is 57.0 Å². The zero-order chi connectivity index (χ0) is 14.4. The number of amides is 2. The topological polar surface area (TPSA) is 63.4 Å². The highest BCUT2D eigenvalue weighted by molar-refractivity contribution is 9.10. The molecule has 0 saturated heterocycles. The van der Waals surface area contributed by atoms with Crippen LogP contribution in [0.2, 0.25) is 5.02 Å². The van der Waals surface area contributed by atoms with E-state index in [0.717, 1.165) is 4.90 Å². The largest absolute Gasteiger partial charge is 0.398 e. The lowest BCUT2D eigenvalue weighted by atomic mass is 10.1. The van der Waals surface area contributed by atoms with Gasteiger partial charge in [-0.3, -0.25) is 9.59 Å². The van der Waals surface area contributed by atoms with Crippen molar-refractivity contribution in [2.24, 2.45) is 0 Å². The molecule has 0 fully saturated rings. The molecule has 3 rings (SSSR count). The van der Waals surface area contributed by atoms with E-state index in [1.807, 2.05) is 0 Å². The number of rotatable bonds is 1. The van der Waals surface area contributed by atoms with Gasteiger partial charge in [-0.15, -0.1) is 0 Å². The van der Waals surface area contributed by atoms with Gasteiger partial charge in [-0.05, 0) is 46.3 Å². The third-order valence-electron chi connectivity index (χ3n) is 3.10. The molecule has 2 N–H and O–H groups in total. The Bertz CT molecular complexity index is 761. The van der Waals surface area contributed by atoms with Gasteiger partial charge in [0, 0.05) is 15.2 Å². The molecule has 1 aliphatic rings. The summed E-state index contributed by atoms with van der Waals surface area (Å²) in [5, 5.41) is 0.438.